The molecule has 0 saturated carbocycles. The largest absolute Gasteiger partial charge is 0.508 e. The highest BCUT2D eigenvalue weighted by Crippen LogP contribution is 2.29. The summed E-state index contributed by atoms with van der Waals surface area (Å²) in [5.41, 5.74) is 9.25. The van der Waals surface area contributed by atoms with Gasteiger partial charge in [-0.1, -0.05) is 26.0 Å². The third-order valence-corrected chi connectivity index (χ3v) is 4.42. The fraction of sp³-hybridized carbons (Fsp3) is 0.190. The lowest BCUT2D eigenvalue weighted by Crippen LogP contribution is -2.21. The average Bonchev–Trinajstić information content (AvgIpc) is 2.69. The van der Waals surface area contributed by atoms with E-state index in [9.17, 15) is 9.90 Å². The van der Waals surface area contributed by atoms with Crippen LogP contribution in [0, 0.1) is 5.92 Å². The molecule has 0 fully saturated rings. The molecule has 0 saturated heterocycles. The molecule has 1 atom stereocenters. The van der Waals surface area contributed by atoms with Gasteiger partial charge >= 0.3 is 0 Å². The summed E-state index contributed by atoms with van der Waals surface area (Å²) < 4.78 is 0. The highest BCUT2D eigenvalue weighted by Gasteiger charge is 2.17. The first-order valence-electron chi connectivity index (χ1n) is 8.81. The van der Waals surface area contributed by atoms with Gasteiger partial charge in [-0.3, -0.25) is 4.79 Å². The fourth-order valence-corrected chi connectivity index (χ4v) is 2.52. The van der Waals surface area contributed by atoms with Crippen molar-refractivity contribution in [1.29, 1.82) is 0 Å². The number of benzene rings is 2. The Morgan fingerprint density at radius 1 is 1.11 bits per heavy atom. The van der Waals surface area contributed by atoms with E-state index < -0.39 is 0 Å². The second-order valence-electron chi connectivity index (χ2n) is 6.42. The smallest absolute Gasteiger partial charge is 0.228 e. The summed E-state index contributed by atoms with van der Waals surface area (Å²) in [5.74, 6) is 0.320. The van der Waals surface area contributed by atoms with Gasteiger partial charge in [0, 0.05) is 22.7 Å². The molecule has 6 nitrogen and oxygen atoms in total. The maximum Gasteiger partial charge on any atom is 0.228 e. The quantitative estimate of drug-likeness (QED) is 0.594. The van der Waals surface area contributed by atoms with Crippen molar-refractivity contribution in [2.45, 2.75) is 20.3 Å². The maximum absolute atomic E-state index is 12.3. The highest BCUT2D eigenvalue weighted by atomic mass is 16.3. The molecule has 1 aromatic heterocycles. The van der Waals surface area contributed by atoms with Crippen molar-refractivity contribution >= 4 is 17.4 Å². The van der Waals surface area contributed by atoms with Gasteiger partial charge in [0.1, 0.15) is 11.4 Å². The van der Waals surface area contributed by atoms with Crippen LogP contribution in [0.25, 0.3) is 22.5 Å². The monoisotopic (exact) mass is 362 g/mol. The molecule has 1 heterocycles. The number of rotatable bonds is 5. The number of amides is 1. The van der Waals surface area contributed by atoms with Gasteiger partial charge in [0.05, 0.1) is 11.9 Å². The molecule has 0 aliphatic rings. The van der Waals surface area contributed by atoms with Crippen LogP contribution in [-0.4, -0.2) is 21.0 Å². The number of phenolic OH excluding ortho intramolecular Hbond substituents is 1. The second kappa shape index (κ2) is 7.86. The van der Waals surface area contributed by atoms with Crippen LogP contribution in [0.1, 0.15) is 20.3 Å². The summed E-state index contributed by atoms with van der Waals surface area (Å²) in [4.78, 5) is 21.5. The number of phenols is 1. The van der Waals surface area contributed by atoms with Gasteiger partial charge in [-0.2, -0.15) is 0 Å². The number of aromatic nitrogens is 2. The van der Waals surface area contributed by atoms with Crippen LogP contribution in [0.4, 0.5) is 11.5 Å². The molecule has 0 radical (unpaired) electrons. The van der Waals surface area contributed by atoms with E-state index in [4.69, 9.17) is 10.7 Å². The summed E-state index contributed by atoms with van der Waals surface area (Å²) in [6.45, 7) is 3.83. The van der Waals surface area contributed by atoms with Crippen LogP contribution >= 0.6 is 0 Å². The first-order valence-corrected chi connectivity index (χ1v) is 8.81. The summed E-state index contributed by atoms with van der Waals surface area (Å²) in [7, 11) is 0. The van der Waals surface area contributed by atoms with Gasteiger partial charge < -0.3 is 16.2 Å². The van der Waals surface area contributed by atoms with E-state index in [0.717, 1.165) is 17.5 Å². The molecule has 6 heteroatoms. The molecule has 1 amide bonds. The van der Waals surface area contributed by atoms with Crippen molar-refractivity contribution < 1.29 is 9.90 Å². The third-order valence-electron chi connectivity index (χ3n) is 4.42. The molecule has 1 unspecified atom stereocenters. The van der Waals surface area contributed by atoms with Crippen molar-refractivity contribution in [3.05, 3.63) is 54.7 Å². The number of carbonyl (C=O) groups excluding carboxylic acids is 1. The van der Waals surface area contributed by atoms with Crippen LogP contribution in [0.5, 0.6) is 5.75 Å². The number of nitrogens with two attached hydrogens (primary N) is 1. The molecular weight excluding hydrogens is 340 g/mol. The number of hydrogen-bond acceptors (Lipinski definition) is 5. The van der Waals surface area contributed by atoms with Gasteiger partial charge in [-0.15, -0.1) is 0 Å². The number of anilines is 2. The standard InChI is InChI=1S/C21H22N4O2/c1-3-13(2)21(27)25-20-19(15-6-10-17(26)11-7-15)24-18(12-23-20)14-4-8-16(22)9-5-14/h4-13,26H,3,22H2,1-2H3,(H,23,25,27). The van der Waals surface area contributed by atoms with Gasteiger partial charge in [-0.25, -0.2) is 9.97 Å². The Morgan fingerprint density at radius 2 is 1.74 bits per heavy atom. The topological polar surface area (TPSA) is 101 Å². The lowest BCUT2D eigenvalue weighted by molar-refractivity contribution is -0.119. The van der Waals surface area contributed by atoms with Crippen molar-refractivity contribution in [2.24, 2.45) is 5.92 Å². The van der Waals surface area contributed by atoms with Crippen molar-refractivity contribution in [3.63, 3.8) is 0 Å². The van der Waals surface area contributed by atoms with E-state index in [2.05, 4.69) is 10.3 Å². The average molecular weight is 362 g/mol. The predicted molar refractivity (Wildman–Crippen MR) is 107 cm³/mol. The molecule has 0 bridgehead atoms. The Balaban J connectivity index is 2.06. The number of hydrogen-bond donors (Lipinski definition) is 3. The van der Waals surface area contributed by atoms with Crippen LogP contribution < -0.4 is 11.1 Å². The fourth-order valence-electron chi connectivity index (χ4n) is 2.52. The van der Waals surface area contributed by atoms with E-state index >= 15 is 0 Å². The molecule has 0 aliphatic heterocycles. The number of aromatic hydroxyl groups is 1. The molecule has 3 aromatic rings. The summed E-state index contributed by atoms with van der Waals surface area (Å²) in [6.07, 6.45) is 2.36. The third kappa shape index (κ3) is 4.23. The molecule has 4 N–H and O–H groups in total. The molecule has 0 aliphatic carbocycles. The normalized spacial score (nSPS) is 11.8. The number of nitrogen functional groups attached to an aromatic ring is 1. The zero-order valence-corrected chi connectivity index (χ0v) is 15.3. The van der Waals surface area contributed by atoms with Crippen molar-refractivity contribution in [2.75, 3.05) is 11.1 Å². The van der Waals surface area contributed by atoms with Gasteiger partial charge in [0.25, 0.3) is 0 Å². The van der Waals surface area contributed by atoms with E-state index in [1.165, 1.54) is 0 Å². The maximum atomic E-state index is 12.3. The Labute approximate surface area is 158 Å². The van der Waals surface area contributed by atoms with E-state index in [1.54, 1.807) is 42.6 Å². The number of nitrogens with one attached hydrogen (secondary N) is 1. The Bertz CT molecular complexity index is 937. The van der Waals surface area contributed by atoms with Crippen LogP contribution in [0.15, 0.2) is 54.7 Å². The second-order valence-corrected chi connectivity index (χ2v) is 6.42. The Kier molecular flexibility index (Phi) is 5.35. The summed E-state index contributed by atoms with van der Waals surface area (Å²) >= 11 is 0. The molecule has 3 rings (SSSR count). The first kappa shape index (κ1) is 18.4. The van der Waals surface area contributed by atoms with Gasteiger partial charge in [0.2, 0.25) is 5.91 Å². The number of nitrogens with zero attached hydrogens (tertiary/aromatic N) is 2. The lowest BCUT2D eigenvalue weighted by Gasteiger charge is -2.14. The minimum atomic E-state index is -0.128. The molecule has 0 spiro atoms. The Hall–Kier alpha value is -3.41. The molecular formula is C21H22N4O2. The number of carbonyl (C=O) groups is 1. The van der Waals surface area contributed by atoms with E-state index in [-0.39, 0.29) is 17.6 Å². The van der Waals surface area contributed by atoms with Crippen molar-refractivity contribution in [1.82, 2.24) is 9.97 Å². The summed E-state index contributed by atoms with van der Waals surface area (Å²) in [5, 5.41) is 12.4. The van der Waals surface area contributed by atoms with Crippen LogP contribution in [-0.2, 0) is 4.79 Å². The highest BCUT2D eigenvalue weighted by molar-refractivity contribution is 5.94. The minimum absolute atomic E-state index is 0.105. The van der Waals surface area contributed by atoms with Crippen LogP contribution in [0.2, 0.25) is 0 Å². The lowest BCUT2D eigenvalue weighted by atomic mass is 10.1. The summed E-state index contributed by atoms with van der Waals surface area (Å²) in [6, 6.07) is 14.0. The molecule has 27 heavy (non-hydrogen) atoms. The van der Waals surface area contributed by atoms with Crippen molar-refractivity contribution in [3.8, 4) is 28.3 Å². The SMILES string of the molecule is CCC(C)C(=O)Nc1ncc(-c2ccc(N)cc2)nc1-c1ccc(O)cc1. The molecule has 2 aromatic carbocycles. The molecule has 138 valence electrons. The first-order chi connectivity index (χ1) is 13.0. The van der Waals surface area contributed by atoms with Gasteiger partial charge in [-0.05, 0) is 42.8 Å². The Morgan fingerprint density at radius 3 is 2.37 bits per heavy atom. The van der Waals surface area contributed by atoms with E-state index in [0.29, 0.717) is 22.9 Å². The minimum Gasteiger partial charge on any atom is -0.508 e. The van der Waals surface area contributed by atoms with Crippen LogP contribution in [0.3, 0.4) is 0 Å². The van der Waals surface area contributed by atoms with Gasteiger partial charge in [0.15, 0.2) is 5.82 Å². The zero-order valence-electron chi connectivity index (χ0n) is 15.3. The van der Waals surface area contributed by atoms with E-state index in [1.807, 2.05) is 26.0 Å². The zero-order chi connectivity index (χ0) is 19.4. The predicted octanol–water partition coefficient (Wildman–Crippen LogP) is 4.08.